The molecular formula is C58H37NO2S2. The summed E-state index contributed by atoms with van der Waals surface area (Å²) in [5, 5.41) is 8.53. The Hall–Kier alpha value is -7.70. The van der Waals surface area contributed by atoms with Crippen LogP contribution in [0.3, 0.4) is 0 Å². The molecule has 3 nitrogen and oxygen atoms in total. The summed E-state index contributed by atoms with van der Waals surface area (Å²) in [5.74, 6) is -0.467. The van der Waals surface area contributed by atoms with Crippen molar-refractivity contribution in [3.63, 3.8) is 0 Å². The van der Waals surface area contributed by atoms with Gasteiger partial charge in [0.15, 0.2) is 11.6 Å². The third-order valence-corrected chi connectivity index (χ3v) is 13.5. The van der Waals surface area contributed by atoms with Gasteiger partial charge in [-0.3, -0.25) is 14.5 Å². The first-order valence-electron chi connectivity index (χ1n) is 20.9. The van der Waals surface area contributed by atoms with Crippen LogP contribution in [0.5, 0.6) is 0 Å². The lowest BCUT2D eigenvalue weighted by molar-refractivity contribution is 0.0990. The number of allylic oxidation sites excluding steroid dienone is 1. The molecule has 0 saturated carbocycles. The molecule has 0 aliphatic heterocycles. The van der Waals surface area contributed by atoms with E-state index in [1.165, 1.54) is 11.1 Å². The number of fused-ring (bicyclic) bond motifs is 2. The third kappa shape index (κ3) is 7.33. The number of hydrogen-bond donors (Lipinski definition) is 0. The Morgan fingerprint density at radius 2 is 0.825 bits per heavy atom. The number of anilines is 3. The zero-order valence-electron chi connectivity index (χ0n) is 33.9. The van der Waals surface area contributed by atoms with Gasteiger partial charge in [0.1, 0.15) is 10.0 Å². The molecule has 0 atom stereocenters. The Morgan fingerprint density at radius 1 is 0.365 bits per heavy atom. The average Bonchev–Trinajstić information content (AvgIpc) is 4.13. The first-order chi connectivity index (χ1) is 31.0. The van der Waals surface area contributed by atoms with E-state index in [1.54, 1.807) is 53.0 Å². The lowest BCUT2D eigenvalue weighted by Crippen LogP contribution is -2.07. The van der Waals surface area contributed by atoms with Crippen molar-refractivity contribution < 1.29 is 9.59 Å². The molecule has 0 fully saturated rings. The minimum atomic E-state index is -0.234. The summed E-state index contributed by atoms with van der Waals surface area (Å²) < 4.78 is 0. The predicted molar refractivity (Wildman–Crippen MR) is 265 cm³/mol. The average molecular weight is 844 g/mol. The summed E-state index contributed by atoms with van der Waals surface area (Å²) in [5.41, 5.74) is 14.1. The Kier molecular flexibility index (Phi) is 9.89. The molecule has 0 spiro atoms. The van der Waals surface area contributed by atoms with Gasteiger partial charge in [-0.1, -0.05) is 146 Å². The number of carbonyl (C=O) groups excluding carboxylic acids is 2. The number of ketones is 2. The first kappa shape index (κ1) is 38.2. The Morgan fingerprint density at radius 3 is 1.32 bits per heavy atom. The van der Waals surface area contributed by atoms with Crippen molar-refractivity contribution in [1.82, 2.24) is 0 Å². The monoisotopic (exact) mass is 843 g/mol. The van der Waals surface area contributed by atoms with Crippen LogP contribution in [-0.4, -0.2) is 11.6 Å². The Balaban J connectivity index is 1.12. The van der Waals surface area contributed by atoms with E-state index in [9.17, 15) is 9.59 Å². The van der Waals surface area contributed by atoms with Gasteiger partial charge in [-0.05, 0) is 149 Å². The van der Waals surface area contributed by atoms with Crippen LogP contribution in [0.1, 0.15) is 26.3 Å². The van der Waals surface area contributed by atoms with E-state index in [4.69, 9.17) is 0 Å². The van der Waals surface area contributed by atoms with E-state index in [1.807, 2.05) is 18.2 Å². The van der Waals surface area contributed by atoms with Crippen molar-refractivity contribution >= 4 is 66.8 Å². The molecule has 0 N–H and O–H groups in total. The van der Waals surface area contributed by atoms with E-state index in [-0.39, 0.29) is 17.1 Å². The van der Waals surface area contributed by atoms with Gasteiger partial charge >= 0.3 is 0 Å². The minimum Gasteiger partial charge on any atom is -0.293 e. The third-order valence-electron chi connectivity index (χ3n) is 11.8. The maximum absolute atomic E-state index is 13.6. The maximum atomic E-state index is 13.6. The van der Waals surface area contributed by atoms with Crippen LogP contribution in [0.2, 0.25) is 0 Å². The largest absolute Gasteiger partial charge is 0.293 e. The van der Waals surface area contributed by atoms with Gasteiger partial charge in [0.2, 0.25) is 0 Å². The summed E-state index contributed by atoms with van der Waals surface area (Å²) in [7, 11) is 0. The van der Waals surface area contributed by atoms with Crippen LogP contribution < -0.4 is 4.90 Å². The lowest BCUT2D eigenvalue weighted by Gasteiger charge is -2.24. The molecule has 2 aromatic heterocycles. The van der Waals surface area contributed by atoms with Crippen LogP contribution in [0.4, 0.5) is 15.7 Å². The summed E-state index contributed by atoms with van der Waals surface area (Å²) in [6.45, 7) is 0. The second-order valence-corrected chi connectivity index (χ2v) is 17.5. The molecule has 8 aromatic carbocycles. The van der Waals surface area contributed by atoms with Gasteiger partial charge in [-0.2, -0.15) is 0 Å². The molecule has 0 radical (unpaired) electrons. The molecule has 0 saturated heterocycles. The number of hydrogen-bond acceptors (Lipinski definition) is 5. The molecule has 0 amide bonds. The number of carbonyl (C=O) groups is 2. The van der Waals surface area contributed by atoms with Crippen molar-refractivity contribution in [2.75, 3.05) is 4.90 Å². The maximum Gasteiger partial charge on any atom is 0.197 e. The van der Waals surface area contributed by atoms with Crippen molar-refractivity contribution in [3.8, 4) is 55.6 Å². The normalized spacial score (nSPS) is 12.2. The highest BCUT2D eigenvalue weighted by Crippen LogP contribution is 2.45. The zero-order chi connectivity index (χ0) is 42.3. The van der Waals surface area contributed by atoms with E-state index < -0.39 is 0 Å². The lowest BCUT2D eigenvalue weighted by atomic mass is 9.89. The number of thiophene rings is 2. The molecule has 2 heterocycles. The van der Waals surface area contributed by atoms with Gasteiger partial charge in [0, 0.05) is 16.8 Å². The summed E-state index contributed by atoms with van der Waals surface area (Å²) in [6, 6.07) is 71.8. The molecule has 11 rings (SSSR count). The first-order valence-corrected chi connectivity index (χ1v) is 22.6. The van der Waals surface area contributed by atoms with Crippen molar-refractivity contribution in [2.24, 2.45) is 0 Å². The summed E-state index contributed by atoms with van der Waals surface area (Å²) in [4.78, 5) is 29.5. The smallest absolute Gasteiger partial charge is 0.197 e. The molecule has 0 bridgehead atoms. The van der Waals surface area contributed by atoms with Gasteiger partial charge in [-0.25, -0.2) is 0 Å². The fourth-order valence-corrected chi connectivity index (χ4v) is 10.2. The molecule has 0 unspecified atom stereocenters. The Bertz CT molecular complexity index is 3160. The second kappa shape index (κ2) is 16.3. The standard InChI is InChI=1S/C58H37NO2S2/c60-57-50-15-7-8-16-51(50)58(61)54(57)32-38-19-20-45-36-49(59(55-17-9-29-62-55)56-18-10-30-63-56)37-53(52(45)31-38)48-34-46(43-25-21-41(22-26-43)39-11-3-1-4-12-39)33-47(35-48)44-27-23-42(24-28-44)40-13-5-2-6-14-40/h1-37H. The highest BCUT2D eigenvalue weighted by atomic mass is 32.1. The SMILES string of the molecule is O=C1C(=Cc2ccc3cc(N(c4cccs4)c4cccs4)cc(-c4cc(-c5ccc(-c6ccccc6)cc5)cc(-c5ccc(-c6ccccc6)cc5)c4)c3c2)C(=O)c2ccccc21. The highest BCUT2D eigenvalue weighted by Gasteiger charge is 2.32. The van der Waals surface area contributed by atoms with Gasteiger partial charge in [0.25, 0.3) is 0 Å². The molecule has 298 valence electrons. The van der Waals surface area contributed by atoms with Gasteiger partial charge in [0.05, 0.1) is 5.57 Å². The molecule has 1 aliphatic carbocycles. The second-order valence-electron chi connectivity index (χ2n) is 15.7. The van der Waals surface area contributed by atoms with E-state index in [0.29, 0.717) is 11.1 Å². The van der Waals surface area contributed by atoms with E-state index in [2.05, 4.69) is 179 Å². The number of rotatable bonds is 9. The topological polar surface area (TPSA) is 37.4 Å². The van der Waals surface area contributed by atoms with Crippen molar-refractivity contribution in [3.05, 3.63) is 239 Å². The summed E-state index contributed by atoms with van der Waals surface area (Å²) >= 11 is 3.41. The van der Waals surface area contributed by atoms with Crippen molar-refractivity contribution in [1.29, 1.82) is 0 Å². The van der Waals surface area contributed by atoms with Crippen molar-refractivity contribution in [2.45, 2.75) is 0 Å². The van der Waals surface area contributed by atoms with Crippen LogP contribution in [0.15, 0.2) is 223 Å². The zero-order valence-corrected chi connectivity index (χ0v) is 35.6. The van der Waals surface area contributed by atoms with E-state index in [0.717, 1.165) is 76.5 Å². The molecule has 10 aromatic rings. The van der Waals surface area contributed by atoms with Gasteiger partial charge in [-0.15, -0.1) is 22.7 Å². The fraction of sp³-hybridized carbons (Fsp3) is 0. The predicted octanol–water partition coefficient (Wildman–Crippen LogP) is 16.2. The Labute approximate surface area is 374 Å². The quantitative estimate of drug-likeness (QED) is 0.107. The van der Waals surface area contributed by atoms with Crippen LogP contribution in [0.25, 0.3) is 72.5 Å². The fourth-order valence-electron chi connectivity index (χ4n) is 8.63. The van der Waals surface area contributed by atoms with Crippen LogP contribution >= 0.6 is 22.7 Å². The number of nitrogens with zero attached hydrogens (tertiary/aromatic N) is 1. The highest BCUT2D eigenvalue weighted by molar-refractivity contribution is 7.16. The molecule has 63 heavy (non-hydrogen) atoms. The molecule has 1 aliphatic rings. The number of Topliss-reactive ketones (excluding diaryl/α,β-unsaturated/α-hetero) is 2. The van der Waals surface area contributed by atoms with E-state index >= 15 is 0 Å². The van der Waals surface area contributed by atoms with Crippen LogP contribution in [0, 0.1) is 0 Å². The number of benzene rings is 8. The van der Waals surface area contributed by atoms with Gasteiger partial charge < -0.3 is 0 Å². The molecule has 5 heteroatoms. The molecular weight excluding hydrogens is 807 g/mol. The van der Waals surface area contributed by atoms with Crippen LogP contribution in [-0.2, 0) is 0 Å². The minimum absolute atomic E-state index is 0.192. The summed E-state index contributed by atoms with van der Waals surface area (Å²) in [6.07, 6.45) is 1.76.